The minimum absolute atomic E-state index is 0.0317. The molecule has 3 aromatic carbocycles. The second-order valence-electron chi connectivity index (χ2n) is 7.62. The predicted molar refractivity (Wildman–Crippen MR) is 140 cm³/mol. The van der Waals surface area contributed by atoms with Crippen molar-refractivity contribution in [2.45, 2.75) is 11.4 Å². The average molecular weight is 573 g/mol. The molecule has 0 aliphatic rings. The maximum atomic E-state index is 13.4. The molecule has 0 aliphatic carbocycles. The van der Waals surface area contributed by atoms with Crippen LogP contribution in [0.1, 0.15) is 15.2 Å². The molecule has 1 amide bonds. The lowest BCUT2D eigenvalue weighted by molar-refractivity contribution is -0.116. The van der Waals surface area contributed by atoms with E-state index in [9.17, 15) is 18.0 Å². The van der Waals surface area contributed by atoms with Crippen LogP contribution in [0.15, 0.2) is 88.2 Å². The summed E-state index contributed by atoms with van der Waals surface area (Å²) in [6.45, 7) is -0.341. The fraction of sp³-hybridized carbons (Fsp3) is 0.120. The molecule has 0 saturated heterocycles. The number of hydrogen-bond donors (Lipinski definition) is 1. The number of ether oxygens (including phenoxy) is 1. The molecule has 35 heavy (non-hydrogen) atoms. The zero-order valence-corrected chi connectivity index (χ0v) is 21.8. The number of benzene rings is 3. The van der Waals surface area contributed by atoms with Crippen LogP contribution < -0.4 is 5.32 Å². The molecule has 0 atom stereocenters. The Labute approximate surface area is 215 Å². The lowest BCUT2D eigenvalue weighted by Crippen LogP contribution is -2.37. The molecule has 7 nitrogen and oxygen atoms in total. The maximum Gasteiger partial charge on any atom is 0.348 e. The van der Waals surface area contributed by atoms with Gasteiger partial charge in [0.1, 0.15) is 4.88 Å². The van der Waals surface area contributed by atoms with Gasteiger partial charge < -0.3 is 10.1 Å². The summed E-state index contributed by atoms with van der Waals surface area (Å²) < 4.78 is 34.4. The second-order valence-corrected chi connectivity index (χ2v) is 11.6. The molecule has 1 N–H and O–H groups in total. The number of rotatable bonds is 8. The summed E-state index contributed by atoms with van der Waals surface area (Å²) in [5.41, 5.74) is 1.24. The van der Waals surface area contributed by atoms with Crippen molar-refractivity contribution in [3.05, 3.63) is 93.8 Å². The summed E-state index contributed by atoms with van der Waals surface area (Å²) in [5.74, 6) is -0.907. The van der Waals surface area contributed by atoms with Gasteiger partial charge in [-0.05, 0) is 59.5 Å². The number of halogens is 1. The van der Waals surface area contributed by atoms with Gasteiger partial charge >= 0.3 is 5.97 Å². The van der Waals surface area contributed by atoms with Crippen LogP contribution in [0.5, 0.6) is 0 Å². The van der Waals surface area contributed by atoms with E-state index in [-0.39, 0.29) is 18.0 Å². The number of carbonyl (C=O) groups is 2. The molecule has 4 rings (SSSR count). The van der Waals surface area contributed by atoms with Crippen molar-refractivity contribution < 1.29 is 22.7 Å². The third-order valence-corrected chi connectivity index (χ3v) is 8.59. The number of hydrogen-bond acceptors (Lipinski definition) is 6. The molecule has 0 bridgehead atoms. The molecule has 0 saturated carbocycles. The van der Waals surface area contributed by atoms with Gasteiger partial charge in [-0.3, -0.25) is 4.79 Å². The standard InChI is InChI=1S/C25H21BrN2O5S2/c1-33-25(30)23-14-18-13-20(11-12-22(18)34-23)27-24(29)16-28(15-17-7-9-19(26)10-8-17)35(31,32)21-5-3-2-4-6-21/h2-14H,15-16H2,1H3,(H,27,29). The van der Waals surface area contributed by atoms with Gasteiger partial charge in [-0.25, -0.2) is 13.2 Å². The third kappa shape index (κ3) is 5.96. The molecule has 1 aromatic heterocycles. The van der Waals surface area contributed by atoms with E-state index in [1.54, 1.807) is 54.6 Å². The van der Waals surface area contributed by atoms with Gasteiger partial charge in [-0.15, -0.1) is 11.3 Å². The Balaban J connectivity index is 1.56. The van der Waals surface area contributed by atoms with E-state index < -0.39 is 21.9 Å². The number of fused-ring (bicyclic) bond motifs is 1. The molecule has 1 heterocycles. The maximum absolute atomic E-state index is 13.4. The van der Waals surface area contributed by atoms with Crippen LogP contribution >= 0.6 is 27.3 Å². The first-order chi connectivity index (χ1) is 16.8. The van der Waals surface area contributed by atoms with Crippen molar-refractivity contribution in [1.82, 2.24) is 4.31 Å². The first-order valence-corrected chi connectivity index (χ1v) is 13.5. The molecule has 0 unspecified atom stereocenters. The van der Waals surface area contributed by atoms with Gasteiger partial charge in [0, 0.05) is 21.4 Å². The van der Waals surface area contributed by atoms with Crippen molar-refractivity contribution in [3.8, 4) is 0 Å². The number of sulfonamides is 1. The highest BCUT2D eigenvalue weighted by atomic mass is 79.9. The number of carbonyl (C=O) groups excluding carboxylic acids is 2. The highest BCUT2D eigenvalue weighted by Crippen LogP contribution is 2.29. The zero-order valence-electron chi connectivity index (χ0n) is 18.6. The van der Waals surface area contributed by atoms with Gasteiger partial charge in [0.15, 0.2) is 0 Å². The van der Waals surface area contributed by atoms with Crippen molar-refractivity contribution in [2.75, 3.05) is 19.0 Å². The van der Waals surface area contributed by atoms with Gasteiger partial charge in [-0.2, -0.15) is 4.31 Å². The molecule has 180 valence electrons. The number of thiophene rings is 1. The van der Waals surface area contributed by atoms with Crippen LogP contribution in [0.4, 0.5) is 5.69 Å². The minimum atomic E-state index is -3.93. The first-order valence-electron chi connectivity index (χ1n) is 10.5. The third-order valence-electron chi connectivity index (χ3n) is 5.16. The van der Waals surface area contributed by atoms with Crippen molar-refractivity contribution in [3.63, 3.8) is 0 Å². The zero-order chi connectivity index (χ0) is 25.0. The van der Waals surface area contributed by atoms with Gasteiger partial charge in [0.05, 0.1) is 18.6 Å². The van der Waals surface area contributed by atoms with Gasteiger partial charge in [0.2, 0.25) is 15.9 Å². The van der Waals surface area contributed by atoms with Crippen LogP contribution in [0.3, 0.4) is 0 Å². The Bertz CT molecular complexity index is 1470. The number of amides is 1. The molecule has 0 aliphatic heterocycles. The Morgan fingerprint density at radius 1 is 1.00 bits per heavy atom. The van der Waals surface area contributed by atoms with Crippen molar-refractivity contribution >= 4 is 64.9 Å². The number of anilines is 1. The fourth-order valence-electron chi connectivity index (χ4n) is 3.44. The monoisotopic (exact) mass is 572 g/mol. The largest absolute Gasteiger partial charge is 0.465 e. The topological polar surface area (TPSA) is 92.8 Å². The predicted octanol–water partition coefficient (Wildman–Crippen LogP) is 5.28. The van der Waals surface area contributed by atoms with E-state index in [2.05, 4.69) is 21.2 Å². The van der Waals surface area contributed by atoms with E-state index in [1.807, 2.05) is 12.1 Å². The van der Waals surface area contributed by atoms with Gasteiger partial charge in [0.25, 0.3) is 0 Å². The summed E-state index contributed by atoms with van der Waals surface area (Å²) in [7, 11) is -2.61. The van der Waals surface area contributed by atoms with E-state index in [0.717, 1.165) is 24.4 Å². The number of nitrogens with one attached hydrogen (secondary N) is 1. The normalized spacial score (nSPS) is 11.5. The molecule has 10 heteroatoms. The Morgan fingerprint density at radius 2 is 1.71 bits per heavy atom. The highest BCUT2D eigenvalue weighted by Gasteiger charge is 2.27. The second kappa shape index (κ2) is 10.7. The number of nitrogens with zero attached hydrogens (tertiary/aromatic N) is 1. The van der Waals surface area contributed by atoms with Crippen molar-refractivity contribution in [2.24, 2.45) is 0 Å². The summed E-state index contributed by atoms with van der Waals surface area (Å²) in [4.78, 5) is 25.3. The van der Waals surface area contributed by atoms with E-state index >= 15 is 0 Å². The van der Waals surface area contributed by atoms with Crippen LogP contribution in [0, 0.1) is 0 Å². The lowest BCUT2D eigenvalue weighted by Gasteiger charge is -2.22. The summed E-state index contributed by atoms with van der Waals surface area (Å²) in [6.07, 6.45) is 0. The molecule has 0 radical (unpaired) electrons. The summed E-state index contributed by atoms with van der Waals surface area (Å²) in [5, 5.41) is 3.55. The molecule has 4 aromatic rings. The molecule has 0 spiro atoms. The summed E-state index contributed by atoms with van der Waals surface area (Å²) >= 11 is 4.67. The molecular weight excluding hydrogens is 552 g/mol. The Hall–Kier alpha value is -3.05. The Morgan fingerprint density at radius 3 is 2.40 bits per heavy atom. The van der Waals surface area contributed by atoms with E-state index in [1.165, 1.54) is 30.6 Å². The smallest absolute Gasteiger partial charge is 0.348 e. The van der Waals surface area contributed by atoms with E-state index in [0.29, 0.717) is 10.6 Å². The van der Waals surface area contributed by atoms with Crippen LogP contribution in [-0.2, 0) is 26.1 Å². The highest BCUT2D eigenvalue weighted by molar-refractivity contribution is 9.10. The minimum Gasteiger partial charge on any atom is -0.465 e. The molecule has 0 fully saturated rings. The number of methoxy groups -OCH3 is 1. The van der Waals surface area contributed by atoms with Crippen LogP contribution in [0.2, 0.25) is 0 Å². The first kappa shape index (κ1) is 25.1. The summed E-state index contributed by atoms with van der Waals surface area (Å²) in [6, 6.07) is 22.2. The molecular formula is C25H21BrN2O5S2. The number of esters is 1. The SMILES string of the molecule is COC(=O)c1cc2cc(NC(=O)CN(Cc3ccc(Br)cc3)S(=O)(=O)c3ccccc3)ccc2s1. The average Bonchev–Trinajstić information content (AvgIpc) is 3.28. The fourth-order valence-corrected chi connectivity index (χ4v) is 6.07. The quantitative estimate of drug-likeness (QED) is 0.290. The lowest BCUT2D eigenvalue weighted by atomic mass is 10.2. The van der Waals surface area contributed by atoms with Crippen LogP contribution in [0.25, 0.3) is 10.1 Å². The van der Waals surface area contributed by atoms with Crippen LogP contribution in [-0.4, -0.2) is 38.3 Å². The van der Waals surface area contributed by atoms with Crippen molar-refractivity contribution in [1.29, 1.82) is 0 Å². The van der Waals surface area contributed by atoms with E-state index in [4.69, 9.17) is 4.74 Å². The Kier molecular flexibility index (Phi) is 7.66. The van der Waals surface area contributed by atoms with Gasteiger partial charge in [-0.1, -0.05) is 46.3 Å².